The summed E-state index contributed by atoms with van der Waals surface area (Å²) in [7, 11) is -3.58. The first-order valence-corrected chi connectivity index (χ1v) is 7.40. The molecule has 1 aromatic carbocycles. The van der Waals surface area contributed by atoms with Crippen molar-refractivity contribution in [3.8, 4) is 6.07 Å². The highest BCUT2D eigenvalue weighted by Crippen LogP contribution is 2.11. The zero-order chi connectivity index (χ0) is 14.6. The van der Waals surface area contributed by atoms with Crippen LogP contribution in [0.25, 0.3) is 0 Å². The molecule has 0 aliphatic heterocycles. The second-order valence-electron chi connectivity index (χ2n) is 4.26. The van der Waals surface area contributed by atoms with Gasteiger partial charge < -0.3 is 0 Å². The first-order valence-electron chi connectivity index (χ1n) is 5.92. The van der Waals surface area contributed by atoms with Crippen molar-refractivity contribution in [2.24, 2.45) is 0 Å². The number of benzene rings is 1. The Bertz CT molecular complexity index is 747. The Hall–Kier alpha value is -2.23. The average molecular weight is 287 g/mol. The largest absolute Gasteiger partial charge is 0.264 e. The lowest BCUT2D eigenvalue weighted by Crippen LogP contribution is -2.23. The zero-order valence-corrected chi connectivity index (χ0v) is 11.7. The summed E-state index contributed by atoms with van der Waals surface area (Å²) in [5.41, 5.74) is 2.22. The van der Waals surface area contributed by atoms with Crippen molar-refractivity contribution in [3.63, 3.8) is 0 Å². The molecular weight excluding hydrogens is 274 g/mol. The Morgan fingerprint density at radius 1 is 1.25 bits per heavy atom. The van der Waals surface area contributed by atoms with Gasteiger partial charge in [-0.25, -0.2) is 13.1 Å². The lowest BCUT2D eigenvalue weighted by atomic mass is 10.2. The number of nitriles is 1. The first kappa shape index (κ1) is 14.2. The van der Waals surface area contributed by atoms with Gasteiger partial charge in [0.05, 0.1) is 16.5 Å². The van der Waals surface area contributed by atoms with Crippen molar-refractivity contribution in [1.29, 1.82) is 5.26 Å². The summed E-state index contributed by atoms with van der Waals surface area (Å²) in [6.45, 7) is 2.08. The van der Waals surface area contributed by atoms with Crippen molar-refractivity contribution in [3.05, 3.63) is 59.4 Å². The summed E-state index contributed by atoms with van der Waals surface area (Å²) >= 11 is 0. The number of hydrogen-bond acceptors (Lipinski definition) is 4. The number of nitrogens with one attached hydrogen (secondary N) is 1. The van der Waals surface area contributed by atoms with Crippen LogP contribution in [0.5, 0.6) is 0 Å². The molecule has 0 aliphatic rings. The van der Waals surface area contributed by atoms with Crippen LogP contribution in [0, 0.1) is 18.3 Å². The summed E-state index contributed by atoms with van der Waals surface area (Å²) in [5, 5.41) is 8.69. The molecule has 0 saturated carbocycles. The molecule has 2 rings (SSSR count). The second kappa shape index (κ2) is 5.82. The first-order chi connectivity index (χ1) is 9.53. The van der Waals surface area contributed by atoms with Crippen LogP contribution in [0.2, 0.25) is 0 Å². The molecule has 6 heteroatoms. The number of sulfonamides is 1. The van der Waals surface area contributed by atoms with Crippen LogP contribution in [0.4, 0.5) is 0 Å². The van der Waals surface area contributed by atoms with E-state index in [4.69, 9.17) is 5.26 Å². The third-order valence-corrected chi connectivity index (χ3v) is 4.30. The highest BCUT2D eigenvalue weighted by atomic mass is 32.2. The minimum atomic E-state index is -3.58. The number of rotatable bonds is 4. The number of pyridine rings is 1. The minimum absolute atomic E-state index is 0.142. The number of aryl methyl sites for hydroxylation is 1. The second-order valence-corrected chi connectivity index (χ2v) is 6.03. The van der Waals surface area contributed by atoms with Crippen LogP contribution in [-0.2, 0) is 16.6 Å². The Morgan fingerprint density at radius 3 is 2.55 bits per heavy atom. The van der Waals surface area contributed by atoms with Gasteiger partial charge in [-0.1, -0.05) is 0 Å². The third-order valence-electron chi connectivity index (χ3n) is 2.88. The molecular formula is C14H13N3O2S. The molecule has 102 valence electrons. The van der Waals surface area contributed by atoms with E-state index in [0.29, 0.717) is 5.56 Å². The molecule has 1 aromatic heterocycles. The molecule has 0 amide bonds. The van der Waals surface area contributed by atoms with Crippen LogP contribution in [0.15, 0.2) is 47.6 Å². The van der Waals surface area contributed by atoms with E-state index in [1.807, 2.05) is 13.0 Å². The fourth-order valence-electron chi connectivity index (χ4n) is 1.67. The van der Waals surface area contributed by atoms with E-state index in [-0.39, 0.29) is 11.4 Å². The van der Waals surface area contributed by atoms with E-state index in [9.17, 15) is 8.42 Å². The van der Waals surface area contributed by atoms with Crippen LogP contribution in [0.3, 0.4) is 0 Å². The topological polar surface area (TPSA) is 82.8 Å². The molecule has 5 nitrogen and oxygen atoms in total. The number of aromatic nitrogens is 1. The highest BCUT2D eigenvalue weighted by Gasteiger charge is 2.13. The Labute approximate surface area is 118 Å². The molecule has 1 heterocycles. The van der Waals surface area contributed by atoms with Crippen molar-refractivity contribution < 1.29 is 8.42 Å². The Morgan fingerprint density at radius 2 is 1.95 bits per heavy atom. The number of hydrogen-bond donors (Lipinski definition) is 1. The predicted molar refractivity (Wildman–Crippen MR) is 74.2 cm³/mol. The minimum Gasteiger partial charge on any atom is -0.264 e. The van der Waals surface area contributed by atoms with Gasteiger partial charge in [-0.2, -0.15) is 5.26 Å². The lowest BCUT2D eigenvalue weighted by Gasteiger charge is -2.08. The fraction of sp³-hybridized carbons (Fsp3) is 0.143. The molecule has 0 radical (unpaired) electrons. The SMILES string of the molecule is Cc1cnccc1CNS(=O)(=O)c1ccc(C#N)cc1. The van der Waals surface area contributed by atoms with Gasteiger partial charge in [0.15, 0.2) is 0 Å². The van der Waals surface area contributed by atoms with Crippen molar-refractivity contribution in [2.75, 3.05) is 0 Å². The molecule has 0 atom stereocenters. The summed E-state index contributed by atoms with van der Waals surface area (Å²) in [6, 6.07) is 9.51. The number of nitrogens with zero attached hydrogens (tertiary/aromatic N) is 2. The van der Waals surface area contributed by atoms with Gasteiger partial charge >= 0.3 is 0 Å². The standard InChI is InChI=1S/C14H13N3O2S/c1-11-9-16-7-6-13(11)10-17-20(18,19)14-4-2-12(8-15)3-5-14/h2-7,9,17H,10H2,1H3. The smallest absolute Gasteiger partial charge is 0.240 e. The molecule has 0 spiro atoms. The molecule has 20 heavy (non-hydrogen) atoms. The van der Waals surface area contributed by atoms with Gasteiger partial charge in [0.25, 0.3) is 0 Å². The predicted octanol–water partition coefficient (Wildman–Crippen LogP) is 1.74. The van der Waals surface area contributed by atoms with Gasteiger partial charge in [-0.3, -0.25) is 4.98 Å². The third kappa shape index (κ3) is 3.20. The summed E-state index contributed by atoms with van der Waals surface area (Å²) in [5.74, 6) is 0. The summed E-state index contributed by atoms with van der Waals surface area (Å²) in [6.07, 6.45) is 3.31. The summed E-state index contributed by atoms with van der Waals surface area (Å²) in [4.78, 5) is 4.10. The van der Waals surface area contributed by atoms with E-state index in [0.717, 1.165) is 11.1 Å². The molecule has 0 bridgehead atoms. The van der Waals surface area contributed by atoms with E-state index >= 15 is 0 Å². The quantitative estimate of drug-likeness (QED) is 0.928. The molecule has 1 N–H and O–H groups in total. The van der Waals surface area contributed by atoms with E-state index in [2.05, 4.69) is 9.71 Å². The van der Waals surface area contributed by atoms with Crippen LogP contribution < -0.4 is 4.72 Å². The van der Waals surface area contributed by atoms with Gasteiger partial charge in [-0.05, 0) is 48.4 Å². The maximum absolute atomic E-state index is 12.1. The molecule has 0 saturated heterocycles. The van der Waals surface area contributed by atoms with Gasteiger partial charge in [0.2, 0.25) is 10.0 Å². The molecule has 2 aromatic rings. The van der Waals surface area contributed by atoms with Crippen LogP contribution in [0.1, 0.15) is 16.7 Å². The monoisotopic (exact) mass is 287 g/mol. The molecule has 0 fully saturated rings. The van der Waals surface area contributed by atoms with Crippen molar-refractivity contribution in [1.82, 2.24) is 9.71 Å². The van der Waals surface area contributed by atoms with Crippen molar-refractivity contribution in [2.45, 2.75) is 18.4 Å². The van der Waals surface area contributed by atoms with Crippen LogP contribution >= 0.6 is 0 Å². The van der Waals surface area contributed by atoms with Gasteiger partial charge in [0, 0.05) is 18.9 Å². The maximum Gasteiger partial charge on any atom is 0.240 e. The maximum atomic E-state index is 12.1. The summed E-state index contributed by atoms with van der Waals surface area (Å²) < 4.78 is 26.7. The fourth-order valence-corrected chi connectivity index (χ4v) is 2.67. The molecule has 0 unspecified atom stereocenters. The highest BCUT2D eigenvalue weighted by molar-refractivity contribution is 7.89. The van der Waals surface area contributed by atoms with Crippen molar-refractivity contribution >= 4 is 10.0 Å². The van der Waals surface area contributed by atoms with E-state index in [1.54, 1.807) is 18.5 Å². The van der Waals surface area contributed by atoms with Gasteiger partial charge in [-0.15, -0.1) is 0 Å². The van der Waals surface area contributed by atoms with Gasteiger partial charge in [0.1, 0.15) is 0 Å². The molecule has 0 aliphatic carbocycles. The zero-order valence-electron chi connectivity index (χ0n) is 10.9. The average Bonchev–Trinajstić information content (AvgIpc) is 2.46. The van der Waals surface area contributed by atoms with E-state index < -0.39 is 10.0 Å². The Kier molecular flexibility index (Phi) is 4.13. The van der Waals surface area contributed by atoms with Crippen LogP contribution in [-0.4, -0.2) is 13.4 Å². The normalized spacial score (nSPS) is 11.0. The Balaban J connectivity index is 2.15. The lowest BCUT2D eigenvalue weighted by molar-refractivity contribution is 0.581. The van der Waals surface area contributed by atoms with E-state index in [1.165, 1.54) is 24.3 Å².